The van der Waals surface area contributed by atoms with E-state index in [1.807, 2.05) is 44.2 Å². The van der Waals surface area contributed by atoms with Gasteiger partial charge in [-0.25, -0.2) is 0 Å². The highest BCUT2D eigenvalue weighted by Gasteiger charge is 2.77. The fourth-order valence-electron chi connectivity index (χ4n) is 7.33. The van der Waals surface area contributed by atoms with Gasteiger partial charge in [0.15, 0.2) is 0 Å². The SMILES string of the molecule is C=CCN(C(=O)[C@@H]1[C@@H]2CC(C)C3(S2)C(C(=O)N(CC=C)C(C)C)N([C@@H](CO)CC(C)C)C(=O)[C@H]13)c1ccccc1. The second kappa shape index (κ2) is 12.1. The molecule has 1 aromatic rings. The number of aliphatic hydroxyl groups excluding tert-OH is 1. The summed E-state index contributed by atoms with van der Waals surface area (Å²) in [5.74, 6) is -1.31. The predicted octanol–water partition coefficient (Wildman–Crippen LogP) is 4.37. The Labute approximate surface area is 243 Å². The Morgan fingerprint density at radius 2 is 1.77 bits per heavy atom. The van der Waals surface area contributed by atoms with Gasteiger partial charge in [0.25, 0.3) is 0 Å². The Bertz CT molecular complexity index is 1120. The zero-order chi connectivity index (χ0) is 29.4. The van der Waals surface area contributed by atoms with E-state index in [-0.39, 0.29) is 47.5 Å². The lowest BCUT2D eigenvalue weighted by atomic mass is 9.65. The first-order chi connectivity index (χ1) is 19.0. The summed E-state index contributed by atoms with van der Waals surface area (Å²) in [4.78, 5) is 48.7. The van der Waals surface area contributed by atoms with Crippen LogP contribution in [0, 0.1) is 23.7 Å². The first-order valence-electron chi connectivity index (χ1n) is 14.5. The summed E-state index contributed by atoms with van der Waals surface area (Å²) in [6.07, 6.45) is 4.76. The Balaban J connectivity index is 1.84. The number of para-hydroxylation sites is 1. The fraction of sp³-hybridized carbons (Fsp3) is 0.594. The van der Waals surface area contributed by atoms with E-state index in [0.717, 1.165) is 12.1 Å². The van der Waals surface area contributed by atoms with Gasteiger partial charge in [0.1, 0.15) is 6.04 Å². The molecule has 3 aliphatic heterocycles. The van der Waals surface area contributed by atoms with Crippen LogP contribution in [0.2, 0.25) is 0 Å². The first kappa shape index (κ1) is 30.4. The number of thioether (sulfide) groups is 1. The highest BCUT2D eigenvalue weighted by Crippen LogP contribution is 2.69. The van der Waals surface area contributed by atoms with Crippen molar-refractivity contribution in [3.05, 3.63) is 55.6 Å². The van der Waals surface area contributed by atoms with Crippen molar-refractivity contribution in [1.29, 1.82) is 0 Å². The van der Waals surface area contributed by atoms with Gasteiger partial charge in [0.2, 0.25) is 17.7 Å². The molecule has 1 aromatic carbocycles. The third-order valence-electron chi connectivity index (χ3n) is 8.93. The summed E-state index contributed by atoms with van der Waals surface area (Å²) < 4.78 is -0.742. The van der Waals surface area contributed by atoms with Crippen LogP contribution >= 0.6 is 11.8 Å². The van der Waals surface area contributed by atoms with Crippen molar-refractivity contribution in [3.8, 4) is 0 Å². The monoisotopic (exact) mass is 567 g/mol. The molecule has 4 rings (SSSR count). The minimum atomic E-state index is -0.754. The number of benzene rings is 1. The zero-order valence-electron chi connectivity index (χ0n) is 24.5. The summed E-state index contributed by atoms with van der Waals surface area (Å²) in [5.41, 5.74) is 0.766. The van der Waals surface area contributed by atoms with Gasteiger partial charge in [-0.05, 0) is 50.7 Å². The molecule has 0 saturated carbocycles. The van der Waals surface area contributed by atoms with Crippen LogP contribution in [0.4, 0.5) is 5.69 Å². The van der Waals surface area contributed by atoms with Gasteiger partial charge in [0, 0.05) is 30.1 Å². The van der Waals surface area contributed by atoms with Crippen molar-refractivity contribution in [2.24, 2.45) is 23.7 Å². The summed E-state index contributed by atoms with van der Waals surface area (Å²) in [6, 6.07) is 8.15. The fourth-order valence-corrected chi connectivity index (χ4v) is 9.72. The van der Waals surface area contributed by atoms with Crippen LogP contribution in [0.3, 0.4) is 0 Å². The Morgan fingerprint density at radius 1 is 1.12 bits per heavy atom. The smallest absolute Gasteiger partial charge is 0.247 e. The zero-order valence-corrected chi connectivity index (χ0v) is 25.3. The third-order valence-corrected chi connectivity index (χ3v) is 11.0. The van der Waals surface area contributed by atoms with Gasteiger partial charge < -0.3 is 19.8 Å². The number of nitrogens with zero attached hydrogens (tertiary/aromatic N) is 3. The lowest BCUT2D eigenvalue weighted by molar-refractivity contribution is -0.146. The van der Waals surface area contributed by atoms with Crippen molar-refractivity contribution < 1.29 is 19.5 Å². The second-order valence-corrected chi connectivity index (χ2v) is 13.8. The van der Waals surface area contributed by atoms with E-state index >= 15 is 0 Å². The van der Waals surface area contributed by atoms with E-state index in [2.05, 4.69) is 33.9 Å². The van der Waals surface area contributed by atoms with Crippen molar-refractivity contribution in [1.82, 2.24) is 9.80 Å². The average molecular weight is 568 g/mol. The van der Waals surface area contributed by atoms with E-state index in [1.54, 1.807) is 38.6 Å². The summed E-state index contributed by atoms with van der Waals surface area (Å²) in [5, 5.41) is 10.5. The quantitative estimate of drug-likeness (QED) is 0.380. The topological polar surface area (TPSA) is 81.2 Å². The number of fused-ring (bicyclic) bond motifs is 1. The number of amides is 3. The van der Waals surface area contributed by atoms with Crippen molar-refractivity contribution in [2.75, 3.05) is 24.6 Å². The number of anilines is 1. The van der Waals surface area contributed by atoms with E-state index in [1.165, 1.54) is 0 Å². The molecular formula is C32H45N3O4S. The van der Waals surface area contributed by atoms with E-state index in [4.69, 9.17) is 0 Å². The summed E-state index contributed by atoms with van der Waals surface area (Å²) >= 11 is 1.67. The number of carbonyl (C=O) groups excluding carboxylic acids is 3. The maximum absolute atomic E-state index is 14.6. The van der Waals surface area contributed by atoms with Gasteiger partial charge in [0.05, 0.1) is 29.2 Å². The molecular weight excluding hydrogens is 522 g/mol. The predicted molar refractivity (Wildman–Crippen MR) is 162 cm³/mol. The second-order valence-electron chi connectivity index (χ2n) is 12.2. The Kier molecular flexibility index (Phi) is 9.20. The number of carbonyl (C=O) groups is 3. The largest absolute Gasteiger partial charge is 0.394 e. The summed E-state index contributed by atoms with van der Waals surface area (Å²) in [6.45, 7) is 18.4. The van der Waals surface area contributed by atoms with Crippen LogP contribution in [0.25, 0.3) is 0 Å². The molecule has 0 aromatic heterocycles. The van der Waals surface area contributed by atoms with Gasteiger partial charge >= 0.3 is 0 Å². The Morgan fingerprint density at radius 3 is 2.33 bits per heavy atom. The van der Waals surface area contributed by atoms with Crippen molar-refractivity contribution in [3.63, 3.8) is 0 Å². The number of hydrogen-bond donors (Lipinski definition) is 1. The summed E-state index contributed by atoms with van der Waals surface area (Å²) in [7, 11) is 0. The average Bonchev–Trinajstić information content (AvgIpc) is 3.52. The van der Waals surface area contributed by atoms with Gasteiger partial charge in [-0.3, -0.25) is 14.4 Å². The molecule has 3 unspecified atom stereocenters. The lowest BCUT2D eigenvalue weighted by Gasteiger charge is -2.43. The molecule has 7 nitrogen and oxygen atoms in total. The normalized spacial score (nSPS) is 29.6. The minimum absolute atomic E-state index is 0.0557. The highest BCUT2D eigenvalue weighted by molar-refractivity contribution is 8.02. The molecule has 8 heteroatoms. The maximum Gasteiger partial charge on any atom is 0.247 e. The van der Waals surface area contributed by atoms with Crippen molar-refractivity contribution >= 4 is 35.2 Å². The maximum atomic E-state index is 14.6. The van der Waals surface area contributed by atoms with Crippen LogP contribution in [-0.4, -0.2) is 80.4 Å². The molecule has 0 aliphatic carbocycles. The molecule has 2 bridgehead atoms. The lowest BCUT2D eigenvalue weighted by Crippen LogP contribution is -2.60. The van der Waals surface area contributed by atoms with Crippen LogP contribution in [-0.2, 0) is 14.4 Å². The van der Waals surface area contributed by atoms with Crippen molar-refractivity contribution in [2.45, 2.75) is 75.6 Å². The minimum Gasteiger partial charge on any atom is -0.394 e. The Hall–Kier alpha value is -2.58. The molecule has 7 atom stereocenters. The number of hydrogen-bond acceptors (Lipinski definition) is 5. The standard InChI is InChI=1S/C32H45N3O4S/c1-8-15-33(21(5)6)31(39)28-32-22(7)18-25(40-32)26(27(32)30(38)35(28)24(19-36)17-20(3)4)29(37)34(16-9-2)23-13-11-10-12-14-23/h8-14,20-22,24-28,36H,1-2,15-19H2,3-7H3/t22?,24-,25+,26-,27+,28?,32?/m1/s1. The molecule has 218 valence electrons. The van der Waals surface area contributed by atoms with Crippen LogP contribution < -0.4 is 4.90 Å². The molecule has 3 amide bonds. The highest BCUT2D eigenvalue weighted by atomic mass is 32.2. The molecule has 40 heavy (non-hydrogen) atoms. The molecule has 3 heterocycles. The van der Waals surface area contributed by atoms with Gasteiger partial charge in [-0.1, -0.05) is 51.1 Å². The molecule has 0 radical (unpaired) electrons. The first-order valence-corrected chi connectivity index (χ1v) is 15.4. The number of likely N-dealkylation sites (tertiary alicyclic amines) is 1. The molecule has 3 fully saturated rings. The van der Waals surface area contributed by atoms with E-state index < -0.39 is 28.7 Å². The molecule has 3 aliphatic rings. The molecule has 1 spiro atoms. The van der Waals surface area contributed by atoms with Crippen LogP contribution in [0.5, 0.6) is 0 Å². The molecule has 3 saturated heterocycles. The van der Waals surface area contributed by atoms with Gasteiger partial charge in [-0.2, -0.15) is 0 Å². The van der Waals surface area contributed by atoms with E-state index in [9.17, 15) is 19.5 Å². The van der Waals surface area contributed by atoms with E-state index in [0.29, 0.717) is 19.5 Å². The number of aliphatic hydroxyl groups is 1. The third kappa shape index (κ3) is 4.91. The number of rotatable bonds is 12. The van der Waals surface area contributed by atoms with Gasteiger partial charge in [-0.15, -0.1) is 24.9 Å². The van der Waals surface area contributed by atoms with Crippen LogP contribution in [0.1, 0.15) is 47.5 Å². The van der Waals surface area contributed by atoms with Crippen LogP contribution in [0.15, 0.2) is 55.6 Å². The molecule has 1 N–H and O–H groups in total.